The second-order valence-electron chi connectivity index (χ2n) is 5.98. The van der Waals surface area contributed by atoms with Crippen LogP contribution in [0.2, 0.25) is 0 Å². The third-order valence-corrected chi connectivity index (χ3v) is 5.48. The summed E-state index contributed by atoms with van der Waals surface area (Å²) in [6, 6.07) is 1.38. The van der Waals surface area contributed by atoms with Gasteiger partial charge in [0.1, 0.15) is 0 Å². The molecule has 0 aliphatic heterocycles. The lowest BCUT2D eigenvalue weighted by molar-refractivity contribution is 0.151. The standard InChI is InChI=1S/C14H18BrF2N3OS/c1-8(5-14(2,3)22(18)21)11-7-20-6-9(12(16)17)4-10(15)13(20)19-11/h4,6-8,12H,5,18H2,1-3H3/t8-,22?/m1/s1. The molecule has 2 atom stereocenters. The van der Waals surface area contributed by atoms with Gasteiger partial charge in [-0.05, 0) is 42.3 Å². The number of pyridine rings is 1. The van der Waals surface area contributed by atoms with Crippen molar-refractivity contribution in [2.75, 3.05) is 0 Å². The van der Waals surface area contributed by atoms with E-state index in [1.54, 1.807) is 10.6 Å². The first kappa shape index (κ1) is 17.5. The Balaban J connectivity index is 2.37. The van der Waals surface area contributed by atoms with E-state index >= 15 is 0 Å². The maximum Gasteiger partial charge on any atom is 0.265 e. The molecule has 0 aliphatic carbocycles. The molecule has 2 N–H and O–H groups in total. The van der Waals surface area contributed by atoms with E-state index in [1.165, 1.54) is 12.3 Å². The largest absolute Gasteiger partial charge is 0.305 e. The van der Waals surface area contributed by atoms with Gasteiger partial charge >= 0.3 is 0 Å². The smallest absolute Gasteiger partial charge is 0.265 e. The number of alkyl halides is 2. The van der Waals surface area contributed by atoms with Gasteiger partial charge in [-0.15, -0.1) is 0 Å². The van der Waals surface area contributed by atoms with E-state index in [9.17, 15) is 13.0 Å². The summed E-state index contributed by atoms with van der Waals surface area (Å²) in [4.78, 5) is 4.49. The van der Waals surface area contributed by atoms with Crippen LogP contribution in [0.5, 0.6) is 0 Å². The molecule has 4 nitrogen and oxygen atoms in total. The van der Waals surface area contributed by atoms with Crippen LogP contribution in [0.25, 0.3) is 5.65 Å². The quantitative estimate of drug-likeness (QED) is 0.836. The van der Waals surface area contributed by atoms with E-state index < -0.39 is 22.2 Å². The molecule has 122 valence electrons. The van der Waals surface area contributed by atoms with Gasteiger partial charge in [-0.3, -0.25) is 5.14 Å². The second kappa shape index (κ2) is 6.33. The molecule has 0 fully saturated rings. The summed E-state index contributed by atoms with van der Waals surface area (Å²) in [6.45, 7) is 5.62. The van der Waals surface area contributed by atoms with Gasteiger partial charge < -0.3 is 4.40 Å². The molecule has 2 aromatic rings. The van der Waals surface area contributed by atoms with Crippen molar-refractivity contribution in [1.82, 2.24) is 9.38 Å². The van der Waals surface area contributed by atoms with Crippen LogP contribution in [0.1, 0.15) is 50.8 Å². The molecule has 22 heavy (non-hydrogen) atoms. The zero-order valence-electron chi connectivity index (χ0n) is 12.5. The molecule has 0 aromatic carbocycles. The van der Waals surface area contributed by atoms with Gasteiger partial charge in [0.05, 0.1) is 25.9 Å². The van der Waals surface area contributed by atoms with Crippen LogP contribution in [0.15, 0.2) is 22.9 Å². The summed E-state index contributed by atoms with van der Waals surface area (Å²) in [5, 5.41) is 5.50. The lowest BCUT2D eigenvalue weighted by atomic mass is 9.96. The van der Waals surface area contributed by atoms with Crippen LogP contribution < -0.4 is 5.14 Å². The summed E-state index contributed by atoms with van der Waals surface area (Å²) in [5.41, 5.74) is 1.27. The van der Waals surface area contributed by atoms with E-state index in [2.05, 4.69) is 20.9 Å². The SMILES string of the molecule is C[C@H](CC(C)(C)S(N)=O)c1cn2cc(C(F)F)cc(Br)c2n1. The van der Waals surface area contributed by atoms with Crippen LogP contribution in [0.4, 0.5) is 8.78 Å². The molecule has 2 heterocycles. The van der Waals surface area contributed by atoms with Crippen LogP contribution >= 0.6 is 15.9 Å². The number of hydrogen-bond donors (Lipinski definition) is 1. The molecule has 0 saturated carbocycles. The van der Waals surface area contributed by atoms with Crippen molar-refractivity contribution in [3.63, 3.8) is 0 Å². The van der Waals surface area contributed by atoms with E-state index in [-0.39, 0.29) is 11.5 Å². The highest BCUT2D eigenvalue weighted by atomic mass is 79.9. The number of nitrogens with two attached hydrogens (primary N) is 1. The highest BCUT2D eigenvalue weighted by Crippen LogP contribution is 2.31. The molecule has 0 amide bonds. The van der Waals surface area contributed by atoms with Crippen molar-refractivity contribution in [1.29, 1.82) is 0 Å². The van der Waals surface area contributed by atoms with Crippen molar-refractivity contribution in [3.8, 4) is 0 Å². The molecule has 1 unspecified atom stereocenters. The van der Waals surface area contributed by atoms with Crippen molar-refractivity contribution >= 4 is 32.6 Å². The molecular weight excluding hydrogens is 376 g/mol. The third-order valence-electron chi connectivity index (χ3n) is 3.65. The van der Waals surface area contributed by atoms with Crippen LogP contribution in [-0.4, -0.2) is 18.3 Å². The number of rotatable bonds is 5. The summed E-state index contributed by atoms with van der Waals surface area (Å²) in [7, 11) is -1.45. The Labute approximate surface area is 138 Å². The predicted molar refractivity (Wildman–Crippen MR) is 87.3 cm³/mol. The Morgan fingerprint density at radius 2 is 2.09 bits per heavy atom. The van der Waals surface area contributed by atoms with Crippen LogP contribution in [0, 0.1) is 0 Å². The zero-order chi connectivity index (χ0) is 16.7. The summed E-state index contributed by atoms with van der Waals surface area (Å²) < 4.78 is 38.8. The average Bonchev–Trinajstić information content (AvgIpc) is 2.82. The van der Waals surface area contributed by atoms with Crippen molar-refractivity contribution in [2.24, 2.45) is 5.14 Å². The minimum Gasteiger partial charge on any atom is -0.305 e. The molecule has 0 spiro atoms. The molecule has 0 aliphatic rings. The lowest BCUT2D eigenvalue weighted by Crippen LogP contribution is -2.33. The fraction of sp³-hybridized carbons (Fsp3) is 0.500. The fourth-order valence-corrected chi connectivity index (χ4v) is 3.35. The number of hydrogen-bond acceptors (Lipinski definition) is 2. The highest BCUT2D eigenvalue weighted by Gasteiger charge is 2.28. The zero-order valence-corrected chi connectivity index (χ0v) is 14.9. The monoisotopic (exact) mass is 393 g/mol. The lowest BCUT2D eigenvalue weighted by Gasteiger charge is -2.24. The number of fused-ring (bicyclic) bond motifs is 1. The van der Waals surface area contributed by atoms with Gasteiger partial charge in [0, 0.05) is 23.9 Å². The normalized spacial score (nSPS) is 15.5. The van der Waals surface area contributed by atoms with Gasteiger partial charge in [0.25, 0.3) is 6.43 Å². The predicted octanol–water partition coefficient (Wildman–Crippen LogP) is 3.93. The van der Waals surface area contributed by atoms with Crippen molar-refractivity contribution in [2.45, 2.75) is 44.3 Å². The highest BCUT2D eigenvalue weighted by molar-refractivity contribution is 9.10. The first-order chi connectivity index (χ1) is 10.1. The van der Waals surface area contributed by atoms with Crippen molar-refractivity contribution in [3.05, 3.63) is 34.2 Å². The van der Waals surface area contributed by atoms with E-state index in [1.807, 2.05) is 20.8 Å². The Kier molecular flexibility index (Phi) is 5.03. The van der Waals surface area contributed by atoms with E-state index in [0.717, 1.165) is 5.69 Å². The van der Waals surface area contributed by atoms with Crippen molar-refractivity contribution < 1.29 is 13.0 Å². The summed E-state index contributed by atoms with van der Waals surface area (Å²) in [6.07, 6.45) is 1.15. The third kappa shape index (κ3) is 3.55. The van der Waals surface area contributed by atoms with Gasteiger partial charge in [-0.1, -0.05) is 6.92 Å². The maximum absolute atomic E-state index is 12.8. The molecule has 0 saturated heterocycles. The molecule has 0 radical (unpaired) electrons. The van der Waals surface area contributed by atoms with Crippen LogP contribution in [-0.2, 0) is 11.0 Å². The first-order valence-corrected chi connectivity index (χ1v) is 8.75. The van der Waals surface area contributed by atoms with Gasteiger partial charge in [-0.25, -0.2) is 18.0 Å². The molecular formula is C14H18BrF2N3OS. The second-order valence-corrected chi connectivity index (χ2v) is 8.54. The minimum atomic E-state index is -2.54. The Morgan fingerprint density at radius 3 is 2.64 bits per heavy atom. The fourth-order valence-electron chi connectivity index (χ4n) is 2.38. The van der Waals surface area contributed by atoms with E-state index in [0.29, 0.717) is 16.5 Å². The minimum absolute atomic E-state index is 0.00398. The van der Waals surface area contributed by atoms with Gasteiger partial charge in [-0.2, -0.15) is 0 Å². The number of nitrogens with zero attached hydrogens (tertiary/aromatic N) is 2. The molecule has 2 aromatic heterocycles. The summed E-state index contributed by atoms with van der Waals surface area (Å²) >= 11 is 3.28. The number of imidazole rings is 1. The molecule has 0 bridgehead atoms. The van der Waals surface area contributed by atoms with Gasteiger partial charge in [0.15, 0.2) is 5.65 Å². The topological polar surface area (TPSA) is 60.4 Å². The van der Waals surface area contributed by atoms with E-state index in [4.69, 9.17) is 5.14 Å². The number of halogens is 3. The summed E-state index contributed by atoms with van der Waals surface area (Å²) in [5.74, 6) is 0.00398. The van der Waals surface area contributed by atoms with Crippen LogP contribution in [0.3, 0.4) is 0 Å². The number of aromatic nitrogens is 2. The maximum atomic E-state index is 12.8. The Bertz CT molecular complexity index is 717. The van der Waals surface area contributed by atoms with Gasteiger partial charge in [0.2, 0.25) is 0 Å². The average molecular weight is 394 g/mol. The molecule has 2 rings (SSSR count). The Hall–Kier alpha value is -0.860. The first-order valence-electron chi connectivity index (χ1n) is 6.74. The molecule has 8 heteroatoms. The Morgan fingerprint density at radius 1 is 1.45 bits per heavy atom.